The molecule has 0 aromatic rings. The van der Waals surface area contributed by atoms with Gasteiger partial charge >= 0.3 is 23.6 Å². The van der Waals surface area contributed by atoms with E-state index in [1.165, 1.54) is 0 Å². The number of carbonyl (C=O) groups excluding carboxylic acids is 4. The molecule has 1 rings (SSSR count). The normalized spacial score (nSPS) is 16.7. The molecule has 4 amide bonds. The van der Waals surface area contributed by atoms with Crippen LogP contribution in [0.5, 0.6) is 0 Å². The van der Waals surface area contributed by atoms with Crippen LogP contribution >= 0.6 is 12.4 Å². The molecule has 0 saturated carbocycles. The van der Waals surface area contributed by atoms with Crippen molar-refractivity contribution in [2.75, 3.05) is 0 Å². The maximum Gasteiger partial charge on any atom is 0.328 e. The topological polar surface area (TPSA) is 92.3 Å². The van der Waals surface area contributed by atoms with E-state index in [0.29, 0.717) is 0 Å². The van der Waals surface area contributed by atoms with Crippen LogP contribution in [0, 0.1) is 0 Å². The van der Waals surface area contributed by atoms with Gasteiger partial charge in [0.15, 0.2) is 0 Å². The summed E-state index contributed by atoms with van der Waals surface area (Å²) in [6.07, 6.45) is 0. The van der Waals surface area contributed by atoms with Gasteiger partial charge in [-0.1, -0.05) is 0 Å². The summed E-state index contributed by atoms with van der Waals surface area (Å²) in [5, 5.41) is 3.20. The molecule has 60 valence electrons. The van der Waals surface area contributed by atoms with Crippen LogP contribution in [0.15, 0.2) is 0 Å². The van der Waals surface area contributed by atoms with Crippen LogP contribution in [-0.4, -0.2) is 23.6 Å². The highest BCUT2D eigenvalue weighted by Gasteiger charge is 2.31. The Hall–Kier alpha value is -1.43. The molecule has 1 aliphatic rings. The van der Waals surface area contributed by atoms with Crippen LogP contribution in [-0.2, 0) is 14.4 Å². The lowest BCUT2D eigenvalue weighted by molar-refractivity contribution is -0.146. The van der Waals surface area contributed by atoms with Gasteiger partial charge in [-0.2, -0.15) is 0 Å². The van der Waals surface area contributed by atoms with E-state index in [9.17, 15) is 19.2 Å². The summed E-state index contributed by atoms with van der Waals surface area (Å²) in [5.41, 5.74) is 0. The maximum absolute atomic E-state index is 10.3. The third-order valence-electron chi connectivity index (χ3n) is 0.867. The van der Waals surface area contributed by atoms with Gasteiger partial charge in [-0.25, -0.2) is 4.79 Å². The number of carbonyl (C=O) groups is 4. The molecule has 0 radical (unpaired) electrons. The van der Waals surface area contributed by atoms with Gasteiger partial charge in [0, 0.05) is 0 Å². The molecule has 1 saturated heterocycles. The Morgan fingerprint density at radius 1 is 0.818 bits per heavy atom. The lowest BCUT2D eigenvalue weighted by Crippen LogP contribution is -2.56. The van der Waals surface area contributed by atoms with Crippen molar-refractivity contribution in [3.63, 3.8) is 0 Å². The molecule has 7 heteroatoms. The second-order valence-electron chi connectivity index (χ2n) is 1.57. The van der Waals surface area contributed by atoms with Crippen LogP contribution in [0.2, 0.25) is 0 Å². The standard InChI is InChI=1S/C4H2N2O4.ClH/c7-1-2(8)5-4(10)6-3(1)9;/h(H2,5,6,8,9,10);1H. The minimum atomic E-state index is -1.25. The van der Waals surface area contributed by atoms with Crippen molar-refractivity contribution in [1.29, 1.82) is 0 Å². The molecule has 1 aliphatic heterocycles. The number of imide groups is 2. The van der Waals surface area contributed by atoms with Gasteiger partial charge in [-0.05, 0) is 0 Å². The second-order valence-corrected chi connectivity index (χ2v) is 1.57. The second kappa shape index (κ2) is 3.11. The van der Waals surface area contributed by atoms with Crippen LogP contribution in [0.25, 0.3) is 0 Å². The van der Waals surface area contributed by atoms with Crippen molar-refractivity contribution in [1.82, 2.24) is 10.6 Å². The first-order valence-electron chi connectivity index (χ1n) is 2.32. The Labute approximate surface area is 66.7 Å². The van der Waals surface area contributed by atoms with Gasteiger partial charge in [0.1, 0.15) is 0 Å². The van der Waals surface area contributed by atoms with E-state index < -0.39 is 23.6 Å². The van der Waals surface area contributed by atoms with Crippen LogP contribution in [0.4, 0.5) is 4.79 Å². The SMILES string of the molecule is Cl.O=C1NC(=O)C(=O)C(=O)N1. The van der Waals surface area contributed by atoms with Crippen molar-refractivity contribution in [3.05, 3.63) is 0 Å². The van der Waals surface area contributed by atoms with E-state index >= 15 is 0 Å². The number of rotatable bonds is 0. The van der Waals surface area contributed by atoms with E-state index in [-0.39, 0.29) is 12.4 Å². The first kappa shape index (κ1) is 9.57. The fraction of sp³-hybridized carbons (Fsp3) is 0. The zero-order chi connectivity index (χ0) is 7.72. The molecular formula is C4H3ClN2O4. The number of barbiturate groups is 1. The van der Waals surface area contributed by atoms with Gasteiger partial charge in [0.25, 0.3) is 0 Å². The van der Waals surface area contributed by atoms with E-state index in [0.717, 1.165) is 0 Å². The Morgan fingerprint density at radius 2 is 1.18 bits per heavy atom. The van der Waals surface area contributed by atoms with Crippen LogP contribution < -0.4 is 10.6 Å². The molecule has 11 heavy (non-hydrogen) atoms. The van der Waals surface area contributed by atoms with Gasteiger partial charge in [-0.3, -0.25) is 25.0 Å². The highest BCUT2D eigenvalue weighted by Crippen LogP contribution is 1.81. The molecule has 0 bridgehead atoms. The van der Waals surface area contributed by atoms with Crippen molar-refractivity contribution < 1.29 is 19.2 Å². The van der Waals surface area contributed by atoms with Crippen LogP contribution in [0.1, 0.15) is 0 Å². The summed E-state index contributed by atoms with van der Waals surface area (Å²) >= 11 is 0. The largest absolute Gasteiger partial charge is 0.328 e. The number of ketones is 1. The maximum atomic E-state index is 10.3. The van der Waals surface area contributed by atoms with E-state index in [4.69, 9.17) is 0 Å². The molecule has 2 N–H and O–H groups in total. The predicted octanol–water partition coefficient (Wildman–Crippen LogP) is -1.66. The van der Waals surface area contributed by atoms with Crippen LogP contribution in [0.3, 0.4) is 0 Å². The third-order valence-corrected chi connectivity index (χ3v) is 0.867. The predicted molar refractivity (Wildman–Crippen MR) is 33.9 cm³/mol. The first-order valence-corrected chi connectivity index (χ1v) is 2.32. The van der Waals surface area contributed by atoms with E-state index in [1.54, 1.807) is 10.6 Å². The summed E-state index contributed by atoms with van der Waals surface area (Å²) in [6, 6.07) is -0.963. The minimum Gasteiger partial charge on any atom is -0.277 e. The highest BCUT2D eigenvalue weighted by atomic mass is 35.5. The van der Waals surface area contributed by atoms with Crippen molar-refractivity contribution in [3.8, 4) is 0 Å². The zero-order valence-corrected chi connectivity index (χ0v) is 5.86. The monoisotopic (exact) mass is 178 g/mol. The lowest BCUT2D eigenvalue weighted by Gasteiger charge is -2.07. The average Bonchev–Trinajstić information content (AvgIpc) is 1.82. The Morgan fingerprint density at radius 3 is 1.55 bits per heavy atom. The Kier molecular flexibility index (Phi) is 2.70. The Bertz CT molecular complexity index is 226. The molecular weight excluding hydrogens is 176 g/mol. The molecule has 6 nitrogen and oxygen atoms in total. The van der Waals surface area contributed by atoms with Gasteiger partial charge in [0.2, 0.25) is 0 Å². The first-order chi connectivity index (χ1) is 4.61. The average molecular weight is 179 g/mol. The molecule has 1 fully saturated rings. The number of Topliss-reactive ketones (excluding diaryl/α,β-unsaturated/α-hetero) is 1. The summed E-state index contributed by atoms with van der Waals surface area (Å²) in [4.78, 5) is 41.1. The lowest BCUT2D eigenvalue weighted by atomic mass is 10.3. The number of hydrogen-bond acceptors (Lipinski definition) is 4. The van der Waals surface area contributed by atoms with Gasteiger partial charge in [0.05, 0.1) is 0 Å². The summed E-state index contributed by atoms with van der Waals surface area (Å²) in [5.74, 6) is -3.62. The molecule has 0 atom stereocenters. The smallest absolute Gasteiger partial charge is 0.277 e. The van der Waals surface area contributed by atoms with Crippen molar-refractivity contribution in [2.45, 2.75) is 0 Å². The number of urea groups is 1. The minimum absolute atomic E-state index is 0. The fourth-order valence-corrected chi connectivity index (χ4v) is 0.454. The summed E-state index contributed by atoms with van der Waals surface area (Å²) < 4.78 is 0. The highest BCUT2D eigenvalue weighted by molar-refractivity contribution is 6.66. The third kappa shape index (κ3) is 1.74. The quantitative estimate of drug-likeness (QED) is 0.435. The number of halogens is 1. The van der Waals surface area contributed by atoms with E-state index in [1.807, 2.05) is 0 Å². The molecule has 1 heterocycles. The number of amides is 4. The number of nitrogens with one attached hydrogen (secondary N) is 2. The molecule has 0 aromatic carbocycles. The molecule has 0 aromatic heterocycles. The molecule has 0 aliphatic carbocycles. The fourth-order valence-electron chi connectivity index (χ4n) is 0.454. The number of hydrogen-bond donors (Lipinski definition) is 2. The molecule has 0 spiro atoms. The van der Waals surface area contributed by atoms with Gasteiger partial charge < -0.3 is 0 Å². The van der Waals surface area contributed by atoms with E-state index in [2.05, 4.69) is 0 Å². The summed E-state index contributed by atoms with van der Waals surface area (Å²) in [7, 11) is 0. The zero-order valence-electron chi connectivity index (χ0n) is 5.04. The van der Waals surface area contributed by atoms with Crippen molar-refractivity contribution >= 4 is 36.0 Å². The molecule has 0 unspecified atom stereocenters. The van der Waals surface area contributed by atoms with Gasteiger partial charge in [-0.15, -0.1) is 12.4 Å². The van der Waals surface area contributed by atoms with Crippen molar-refractivity contribution in [2.24, 2.45) is 0 Å². The Balaban J connectivity index is 0.000001000. The summed E-state index contributed by atoms with van der Waals surface area (Å²) in [6.45, 7) is 0.